The summed E-state index contributed by atoms with van der Waals surface area (Å²) in [4.78, 5) is 13.7. The van der Waals surface area contributed by atoms with Crippen molar-refractivity contribution in [1.82, 2.24) is 15.0 Å². The molecule has 2 aromatic rings. The second-order valence-electron chi connectivity index (χ2n) is 5.19. The van der Waals surface area contributed by atoms with E-state index in [1.807, 2.05) is 12.3 Å². The standard InChI is InChI=1S/C15H16BrIN4/c1-2-5-19-15-12(17)13(9-3-4-9)20-14(21-15)10-6-11(16)8-18-7-10/h6-9H,2-5H2,1H3,(H,19,20,21). The summed E-state index contributed by atoms with van der Waals surface area (Å²) >= 11 is 5.83. The summed E-state index contributed by atoms with van der Waals surface area (Å²) in [5.74, 6) is 2.30. The number of pyridine rings is 1. The van der Waals surface area contributed by atoms with E-state index < -0.39 is 0 Å². The predicted molar refractivity (Wildman–Crippen MR) is 96.4 cm³/mol. The third-order valence-electron chi connectivity index (χ3n) is 3.35. The monoisotopic (exact) mass is 458 g/mol. The molecule has 1 aliphatic rings. The van der Waals surface area contributed by atoms with Crippen LogP contribution in [0.3, 0.4) is 0 Å². The van der Waals surface area contributed by atoms with Crippen molar-refractivity contribution in [3.05, 3.63) is 32.2 Å². The number of nitrogens with zero attached hydrogens (tertiary/aromatic N) is 3. The zero-order valence-corrected chi connectivity index (χ0v) is 15.5. The van der Waals surface area contributed by atoms with Crippen molar-refractivity contribution in [1.29, 1.82) is 0 Å². The van der Waals surface area contributed by atoms with Gasteiger partial charge in [0.2, 0.25) is 0 Å². The van der Waals surface area contributed by atoms with Crippen LogP contribution in [0.15, 0.2) is 22.9 Å². The Kier molecular flexibility index (Phi) is 4.73. The van der Waals surface area contributed by atoms with Crippen LogP contribution >= 0.6 is 38.5 Å². The van der Waals surface area contributed by atoms with Gasteiger partial charge in [0.25, 0.3) is 0 Å². The van der Waals surface area contributed by atoms with E-state index in [0.29, 0.717) is 5.92 Å². The van der Waals surface area contributed by atoms with E-state index in [4.69, 9.17) is 9.97 Å². The Hall–Kier alpha value is -0.760. The van der Waals surface area contributed by atoms with Crippen molar-refractivity contribution in [2.24, 2.45) is 0 Å². The summed E-state index contributed by atoms with van der Waals surface area (Å²) < 4.78 is 2.11. The summed E-state index contributed by atoms with van der Waals surface area (Å²) in [6, 6.07) is 2.01. The lowest BCUT2D eigenvalue weighted by atomic mass is 10.2. The van der Waals surface area contributed by atoms with Crippen LogP contribution in [-0.4, -0.2) is 21.5 Å². The number of hydrogen-bond donors (Lipinski definition) is 1. The van der Waals surface area contributed by atoms with Gasteiger partial charge in [-0.3, -0.25) is 4.98 Å². The lowest BCUT2D eigenvalue weighted by molar-refractivity contribution is 0.938. The molecule has 0 atom stereocenters. The van der Waals surface area contributed by atoms with E-state index in [-0.39, 0.29) is 0 Å². The molecule has 0 radical (unpaired) electrons. The second kappa shape index (κ2) is 6.56. The predicted octanol–water partition coefficient (Wildman–Crippen LogP) is 4.61. The van der Waals surface area contributed by atoms with Gasteiger partial charge in [0.05, 0.1) is 9.26 Å². The summed E-state index contributed by atoms with van der Waals surface area (Å²) in [7, 11) is 0. The lowest BCUT2D eigenvalue weighted by Crippen LogP contribution is -2.09. The van der Waals surface area contributed by atoms with Gasteiger partial charge in [0, 0.05) is 34.9 Å². The second-order valence-corrected chi connectivity index (χ2v) is 7.18. The van der Waals surface area contributed by atoms with E-state index >= 15 is 0 Å². The number of hydrogen-bond acceptors (Lipinski definition) is 4. The van der Waals surface area contributed by atoms with Crippen molar-refractivity contribution in [3.63, 3.8) is 0 Å². The van der Waals surface area contributed by atoms with Crippen LogP contribution in [0.1, 0.15) is 37.8 Å². The van der Waals surface area contributed by atoms with Gasteiger partial charge in [-0.2, -0.15) is 0 Å². The number of anilines is 1. The van der Waals surface area contributed by atoms with E-state index in [9.17, 15) is 0 Å². The molecule has 0 aromatic carbocycles. The molecule has 4 nitrogen and oxygen atoms in total. The Morgan fingerprint density at radius 3 is 2.81 bits per heavy atom. The third-order valence-corrected chi connectivity index (χ3v) is 4.84. The van der Waals surface area contributed by atoms with Gasteiger partial charge in [-0.15, -0.1) is 0 Å². The first kappa shape index (κ1) is 15.1. The summed E-state index contributed by atoms with van der Waals surface area (Å²) in [6.07, 6.45) is 7.13. The molecule has 110 valence electrons. The molecule has 0 unspecified atom stereocenters. The fraction of sp³-hybridized carbons (Fsp3) is 0.400. The first-order chi connectivity index (χ1) is 10.2. The molecule has 0 saturated heterocycles. The minimum Gasteiger partial charge on any atom is -0.369 e. The number of aromatic nitrogens is 3. The highest BCUT2D eigenvalue weighted by Gasteiger charge is 2.29. The van der Waals surface area contributed by atoms with Crippen molar-refractivity contribution >= 4 is 44.3 Å². The molecule has 21 heavy (non-hydrogen) atoms. The fourth-order valence-corrected chi connectivity index (χ4v) is 3.35. The van der Waals surface area contributed by atoms with Gasteiger partial charge >= 0.3 is 0 Å². The molecule has 1 saturated carbocycles. The van der Waals surface area contributed by atoms with Crippen LogP contribution in [0.25, 0.3) is 11.4 Å². The first-order valence-corrected chi connectivity index (χ1v) is 8.98. The van der Waals surface area contributed by atoms with E-state index in [1.54, 1.807) is 6.20 Å². The van der Waals surface area contributed by atoms with Gasteiger partial charge in [0.15, 0.2) is 5.82 Å². The van der Waals surface area contributed by atoms with Crippen molar-refractivity contribution in [2.45, 2.75) is 32.1 Å². The summed E-state index contributed by atoms with van der Waals surface area (Å²) in [5, 5.41) is 3.42. The van der Waals surface area contributed by atoms with Crippen molar-refractivity contribution < 1.29 is 0 Å². The van der Waals surface area contributed by atoms with Crippen LogP contribution in [0.5, 0.6) is 0 Å². The highest BCUT2D eigenvalue weighted by Crippen LogP contribution is 2.43. The first-order valence-electron chi connectivity index (χ1n) is 7.11. The van der Waals surface area contributed by atoms with Gasteiger partial charge in [0.1, 0.15) is 5.82 Å². The van der Waals surface area contributed by atoms with Crippen LogP contribution in [0, 0.1) is 3.57 Å². The van der Waals surface area contributed by atoms with Crippen LogP contribution in [-0.2, 0) is 0 Å². The molecular formula is C15H16BrIN4. The molecule has 0 amide bonds. The SMILES string of the molecule is CCCNc1nc(-c2cncc(Br)c2)nc(C2CC2)c1I. The maximum absolute atomic E-state index is 4.79. The Bertz CT molecular complexity index is 658. The molecule has 6 heteroatoms. The molecule has 2 heterocycles. The third kappa shape index (κ3) is 3.53. The maximum Gasteiger partial charge on any atom is 0.163 e. The molecule has 1 N–H and O–H groups in total. The molecule has 1 fully saturated rings. The highest BCUT2D eigenvalue weighted by molar-refractivity contribution is 14.1. The molecule has 0 spiro atoms. The fourth-order valence-electron chi connectivity index (χ4n) is 2.12. The minimum absolute atomic E-state index is 0.598. The lowest BCUT2D eigenvalue weighted by Gasteiger charge is -2.12. The minimum atomic E-state index is 0.598. The highest BCUT2D eigenvalue weighted by atomic mass is 127. The molecule has 1 aliphatic carbocycles. The van der Waals surface area contributed by atoms with E-state index in [1.165, 1.54) is 18.5 Å². The Labute approximate surface area is 146 Å². The zero-order chi connectivity index (χ0) is 14.8. The van der Waals surface area contributed by atoms with E-state index in [0.717, 1.165) is 38.2 Å². The number of rotatable bonds is 5. The molecule has 0 aliphatic heterocycles. The topological polar surface area (TPSA) is 50.7 Å². The average molecular weight is 459 g/mol. The Balaban J connectivity index is 2.05. The van der Waals surface area contributed by atoms with Gasteiger partial charge in [-0.25, -0.2) is 9.97 Å². The Morgan fingerprint density at radius 1 is 1.33 bits per heavy atom. The van der Waals surface area contributed by atoms with Crippen molar-refractivity contribution in [3.8, 4) is 11.4 Å². The van der Waals surface area contributed by atoms with Crippen LogP contribution in [0.4, 0.5) is 5.82 Å². The summed E-state index contributed by atoms with van der Waals surface area (Å²) in [5.41, 5.74) is 2.13. The van der Waals surface area contributed by atoms with E-state index in [2.05, 4.69) is 55.7 Å². The molecule has 0 bridgehead atoms. The summed E-state index contributed by atoms with van der Waals surface area (Å²) in [6.45, 7) is 3.08. The smallest absolute Gasteiger partial charge is 0.163 e. The average Bonchev–Trinajstić information content (AvgIpc) is 3.31. The Morgan fingerprint density at radius 2 is 2.14 bits per heavy atom. The number of halogens is 2. The van der Waals surface area contributed by atoms with Crippen molar-refractivity contribution in [2.75, 3.05) is 11.9 Å². The van der Waals surface area contributed by atoms with Gasteiger partial charge in [-0.1, -0.05) is 6.92 Å². The molecular weight excluding hydrogens is 443 g/mol. The molecule has 2 aromatic heterocycles. The molecule has 3 rings (SSSR count). The zero-order valence-electron chi connectivity index (χ0n) is 11.7. The van der Waals surface area contributed by atoms with Crippen LogP contribution in [0.2, 0.25) is 0 Å². The van der Waals surface area contributed by atoms with Gasteiger partial charge in [-0.05, 0) is 63.8 Å². The normalized spacial score (nSPS) is 14.2. The number of nitrogens with one attached hydrogen (secondary N) is 1. The largest absolute Gasteiger partial charge is 0.369 e. The van der Waals surface area contributed by atoms with Crippen LogP contribution < -0.4 is 5.32 Å². The maximum atomic E-state index is 4.79. The van der Waals surface area contributed by atoms with Gasteiger partial charge < -0.3 is 5.32 Å². The quantitative estimate of drug-likeness (QED) is 0.665.